The Morgan fingerprint density at radius 3 is 2.75 bits per heavy atom. The minimum absolute atomic E-state index is 0.126. The first-order chi connectivity index (χ1) is 5.59. The van der Waals surface area contributed by atoms with Crippen LogP contribution < -0.4 is 0 Å². The van der Waals surface area contributed by atoms with Gasteiger partial charge in [-0.15, -0.1) is 0 Å². The Hall–Kier alpha value is -1.11. The molecule has 1 aliphatic rings. The molecule has 12 heavy (non-hydrogen) atoms. The second-order valence-electron chi connectivity index (χ2n) is 4.00. The summed E-state index contributed by atoms with van der Waals surface area (Å²) in [5, 5.41) is 0. The van der Waals surface area contributed by atoms with Crippen LogP contribution in [0.4, 0.5) is 5.69 Å². The highest BCUT2D eigenvalue weighted by molar-refractivity contribution is 5.84. The lowest BCUT2D eigenvalue weighted by atomic mass is 9.86. The maximum Gasteiger partial charge on any atom is 0.0667 e. The van der Waals surface area contributed by atoms with E-state index in [4.69, 9.17) is 0 Å². The van der Waals surface area contributed by atoms with Gasteiger partial charge in [-0.1, -0.05) is 31.5 Å². The fourth-order valence-corrected chi connectivity index (χ4v) is 1.58. The molecule has 0 unspecified atom stereocenters. The molecule has 0 bridgehead atoms. The molecule has 0 saturated carbocycles. The number of nitrogens with zero attached hydrogens (tertiary/aromatic N) is 1. The van der Waals surface area contributed by atoms with Gasteiger partial charge in [-0.05, 0) is 18.6 Å². The molecule has 0 aliphatic carbocycles. The quantitative estimate of drug-likeness (QED) is 0.552. The zero-order valence-electron chi connectivity index (χ0n) is 7.76. The molecule has 62 valence electrons. The molecular formula is C11H13N. The molecule has 0 aromatic heterocycles. The van der Waals surface area contributed by atoms with Gasteiger partial charge in [0.05, 0.1) is 5.69 Å². The summed E-state index contributed by atoms with van der Waals surface area (Å²) in [7, 11) is 0. The van der Waals surface area contributed by atoms with E-state index < -0.39 is 0 Å². The maximum atomic E-state index is 4.37. The summed E-state index contributed by atoms with van der Waals surface area (Å²) in [4.78, 5) is 4.37. The van der Waals surface area contributed by atoms with Crippen molar-refractivity contribution in [2.75, 3.05) is 0 Å². The molecule has 1 aromatic carbocycles. The van der Waals surface area contributed by atoms with Crippen molar-refractivity contribution in [3.63, 3.8) is 0 Å². The maximum absolute atomic E-state index is 4.37. The van der Waals surface area contributed by atoms with Gasteiger partial charge in [0, 0.05) is 11.6 Å². The van der Waals surface area contributed by atoms with Gasteiger partial charge in [-0.3, -0.25) is 4.99 Å². The van der Waals surface area contributed by atoms with Crippen molar-refractivity contribution in [2.45, 2.75) is 26.2 Å². The highest BCUT2D eigenvalue weighted by atomic mass is 14.8. The molecule has 1 heterocycles. The molecule has 0 radical (unpaired) electrons. The SMILES string of the molecule is Cc1ccc2c(c1)C(C)(C)C=N2. The minimum atomic E-state index is 0.126. The molecule has 1 heteroatoms. The number of aliphatic imine (C=N–C) groups is 1. The molecule has 0 saturated heterocycles. The molecule has 0 atom stereocenters. The Balaban J connectivity index is 2.63. The fraction of sp³-hybridized carbons (Fsp3) is 0.364. The topological polar surface area (TPSA) is 12.4 Å². The third-order valence-electron chi connectivity index (χ3n) is 2.37. The lowest BCUT2D eigenvalue weighted by Gasteiger charge is -2.15. The van der Waals surface area contributed by atoms with Gasteiger partial charge in [0.25, 0.3) is 0 Å². The van der Waals surface area contributed by atoms with E-state index in [9.17, 15) is 0 Å². The van der Waals surface area contributed by atoms with E-state index in [1.807, 2.05) is 6.21 Å². The van der Waals surface area contributed by atoms with Crippen molar-refractivity contribution < 1.29 is 0 Å². The predicted molar refractivity (Wildman–Crippen MR) is 52.4 cm³/mol. The van der Waals surface area contributed by atoms with Crippen LogP contribution in [-0.2, 0) is 5.41 Å². The van der Waals surface area contributed by atoms with Crippen molar-refractivity contribution in [2.24, 2.45) is 4.99 Å². The van der Waals surface area contributed by atoms with Crippen molar-refractivity contribution in [3.05, 3.63) is 29.3 Å². The monoisotopic (exact) mass is 159 g/mol. The van der Waals surface area contributed by atoms with Gasteiger partial charge in [-0.2, -0.15) is 0 Å². The van der Waals surface area contributed by atoms with E-state index in [1.54, 1.807) is 0 Å². The van der Waals surface area contributed by atoms with E-state index in [0.717, 1.165) is 5.69 Å². The summed E-state index contributed by atoms with van der Waals surface area (Å²) < 4.78 is 0. The van der Waals surface area contributed by atoms with Crippen LogP contribution in [0.2, 0.25) is 0 Å². The van der Waals surface area contributed by atoms with Crippen LogP contribution in [0.25, 0.3) is 0 Å². The highest BCUT2D eigenvalue weighted by Gasteiger charge is 2.25. The van der Waals surface area contributed by atoms with Gasteiger partial charge in [0.1, 0.15) is 0 Å². The average molecular weight is 159 g/mol. The molecule has 0 N–H and O–H groups in total. The van der Waals surface area contributed by atoms with Crippen LogP contribution in [0.5, 0.6) is 0 Å². The second-order valence-corrected chi connectivity index (χ2v) is 4.00. The van der Waals surface area contributed by atoms with E-state index in [-0.39, 0.29) is 5.41 Å². The number of rotatable bonds is 0. The molecule has 0 amide bonds. The van der Waals surface area contributed by atoms with Gasteiger partial charge < -0.3 is 0 Å². The Labute approximate surface area is 73.1 Å². The summed E-state index contributed by atoms with van der Waals surface area (Å²) in [5.41, 5.74) is 3.92. The zero-order chi connectivity index (χ0) is 8.77. The molecule has 1 aromatic rings. The van der Waals surface area contributed by atoms with Crippen LogP contribution in [0.15, 0.2) is 23.2 Å². The van der Waals surface area contributed by atoms with Crippen molar-refractivity contribution in [1.82, 2.24) is 0 Å². The van der Waals surface area contributed by atoms with E-state index in [0.29, 0.717) is 0 Å². The smallest absolute Gasteiger partial charge is 0.0667 e. The van der Waals surface area contributed by atoms with Gasteiger partial charge in [0.15, 0.2) is 0 Å². The first kappa shape index (κ1) is 7.53. The van der Waals surface area contributed by atoms with Crippen molar-refractivity contribution in [1.29, 1.82) is 0 Å². The average Bonchev–Trinajstić information content (AvgIpc) is 2.28. The van der Waals surface area contributed by atoms with Gasteiger partial charge in [-0.25, -0.2) is 0 Å². The minimum Gasteiger partial charge on any atom is -0.260 e. The lowest BCUT2D eigenvalue weighted by molar-refractivity contribution is 0.752. The summed E-state index contributed by atoms with van der Waals surface area (Å²) in [6, 6.07) is 6.43. The largest absolute Gasteiger partial charge is 0.260 e. The summed E-state index contributed by atoms with van der Waals surface area (Å²) in [6.07, 6.45) is 2.02. The summed E-state index contributed by atoms with van der Waals surface area (Å²) >= 11 is 0. The first-order valence-electron chi connectivity index (χ1n) is 4.26. The van der Waals surface area contributed by atoms with E-state index in [1.165, 1.54) is 11.1 Å². The third kappa shape index (κ3) is 0.970. The van der Waals surface area contributed by atoms with Crippen LogP contribution in [0.1, 0.15) is 25.0 Å². The van der Waals surface area contributed by atoms with Gasteiger partial charge >= 0.3 is 0 Å². The molecular weight excluding hydrogens is 146 g/mol. The molecule has 1 aliphatic heterocycles. The molecule has 1 nitrogen and oxygen atoms in total. The van der Waals surface area contributed by atoms with E-state index >= 15 is 0 Å². The van der Waals surface area contributed by atoms with E-state index in [2.05, 4.69) is 44.0 Å². The van der Waals surface area contributed by atoms with Crippen molar-refractivity contribution in [3.8, 4) is 0 Å². The molecule has 0 fully saturated rings. The Kier molecular flexibility index (Phi) is 1.38. The zero-order valence-corrected chi connectivity index (χ0v) is 7.76. The van der Waals surface area contributed by atoms with Crippen LogP contribution in [-0.4, -0.2) is 6.21 Å². The second kappa shape index (κ2) is 2.19. The standard InChI is InChI=1S/C11H13N/c1-8-4-5-10-9(6-8)11(2,3)7-12-10/h4-7H,1-3H3. The normalized spacial score (nSPS) is 17.9. The predicted octanol–water partition coefficient (Wildman–Crippen LogP) is 2.99. The fourth-order valence-electron chi connectivity index (χ4n) is 1.58. The highest BCUT2D eigenvalue weighted by Crippen LogP contribution is 2.36. The summed E-state index contributed by atoms with van der Waals surface area (Å²) in [5.74, 6) is 0. The first-order valence-corrected chi connectivity index (χ1v) is 4.26. The number of hydrogen-bond acceptors (Lipinski definition) is 1. The van der Waals surface area contributed by atoms with Crippen LogP contribution in [0, 0.1) is 6.92 Å². The van der Waals surface area contributed by atoms with Crippen molar-refractivity contribution >= 4 is 11.9 Å². The van der Waals surface area contributed by atoms with Crippen LogP contribution >= 0.6 is 0 Å². The molecule has 2 rings (SSSR count). The third-order valence-corrected chi connectivity index (χ3v) is 2.37. The summed E-state index contributed by atoms with van der Waals surface area (Å²) in [6.45, 7) is 6.51. The number of fused-ring (bicyclic) bond motifs is 1. The van der Waals surface area contributed by atoms with Gasteiger partial charge in [0.2, 0.25) is 0 Å². The Morgan fingerprint density at radius 2 is 2.00 bits per heavy atom. The number of hydrogen-bond donors (Lipinski definition) is 0. The van der Waals surface area contributed by atoms with Crippen LogP contribution in [0.3, 0.4) is 0 Å². The number of benzene rings is 1. The lowest BCUT2D eigenvalue weighted by Crippen LogP contribution is -2.14. The number of aryl methyl sites for hydroxylation is 1. The Bertz CT molecular complexity index is 348. The molecule has 0 spiro atoms. The Morgan fingerprint density at radius 1 is 1.25 bits per heavy atom.